The molecule has 0 aliphatic carbocycles. The van der Waals surface area contributed by atoms with Crippen molar-refractivity contribution in [3.05, 3.63) is 0 Å². The van der Waals surface area contributed by atoms with Gasteiger partial charge in [-0.25, -0.2) is 0 Å². The highest BCUT2D eigenvalue weighted by atomic mass is 16.5. The first-order chi connectivity index (χ1) is 5.11. The highest BCUT2D eigenvalue weighted by molar-refractivity contribution is 5.76. The fourth-order valence-corrected chi connectivity index (χ4v) is 1.18. The summed E-state index contributed by atoms with van der Waals surface area (Å²) in [5.41, 5.74) is 0. The minimum atomic E-state index is -0.884. The lowest BCUT2D eigenvalue weighted by Crippen LogP contribution is -2.35. The van der Waals surface area contributed by atoms with Crippen molar-refractivity contribution in [2.24, 2.45) is 5.92 Å². The van der Waals surface area contributed by atoms with Gasteiger partial charge in [-0.15, -0.1) is 0 Å². The number of esters is 1. The minimum absolute atomic E-state index is 0.224. The number of carbonyl (C=O) groups excluding carboxylic acids is 1. The van der Waals surface area contributed by atoms with Crippen LogP contribution in [0.3, 0.4) is 0 Å². The van der Waals surface area contributed by atoms with Crippen LogP contribution in [0.25, 0.3) is 0 Å². The van der Waals surface area contributed by atoms with E-state index >= 15 is 0 Å². The highest BCUT2D eigenvalue weighted by Gasteiger charge is 2.32. The zero-order valence-corrected chi connectivity index (χ0v) is 6.24. The first-order valence-corrected chi connectivity index (χ1v) is 3.53. The molecule has 1 aliphatic heterocycles. The fourth-order valence-electron chi connectivity index (χ4n) is 1.18. The van der Waals surface area contributed by atoms with Crippen LogP contribution in [0.1, 0.15) is 19.8 Å². The third-order valence-corrected chi connectivity index (χ3v) is 1.86. The zero-order chi connectivity index (χ0) is 8.43. The number of rotatable bonds is 1. The van der Waals surface area contributed by atoms with Gasteiger partial charge in [-0.3, -0.25) is 9.59 Å². The van der Waals surface area contributed by atoms with Crippen molar-refractivity contribution in [1.82, 2.24) is 0 Å². The van der Waals surface area contributed by atoms with Crippen LogP contribution in [0.5, 0.6) is 0 Å². The normalized spacial score (nSPS) is 31.2. The highest BCUT2D eigenvalue weighted by Crippen LogP contribution is 2.21. The SMILES string of the molecule is CC1OC(=O)CCC1C(=O)O. The van der Waals surface area contributed by atoms with Crippen molar-refractivity contribution < 1.29 is 19.4 Å². The predicted octanol–water partition coefficient (Wildman–Crippen LogP) is 0.413. The molecule has 1 fully saturated rings. The Balaban J connectivity index is 2.57. The molecule has 4 nitrogen and oxygen atoms in total. The summed E-state index contributed by atoms with van der Waals surface area (Å²) < 4.78 is 4.74. The smallest absolute Gasteiger partial charge is 0.310 e. The topological polar surface area (TPSA) is 63.6 Å². The lowest BCUT2D eigenvalue weighted by atomic mass is 9.95. The van der Waals surface area contributed by atoms with Gasteiger partial charge in [0.1, 0.15) is 6.10 Å². The molecule has 1 saturated heterocycles. The van der Waals surface area contributed by atoms with E-state index in [9.17, 15) is 9.59 Å². The molecule has 0 aromatic rings. The predicted molar refractivity (Wildman–Crippen MR) is 35.9 cm³/mol. The largest absolute Gasteiger partial charge is 0.481 e. The van der Waals surface area contributed by atoms with E-state index < -0.39 is 18.0 Å². The maximum atomic E-state index is 10.6. The lowest BCUT2D eigenvalue weighted by molar-refractivity contribution is -0.164. The monoisotopic (exact) mass is 158 g/mol. The van der Waals surface area contributed by atoms with Crippen LogP contribution in [0, 0.1) is 5.92 Å². The summed E-state index contributed by atoms with van der Waals surface area (Å²) >= 11 is 0. The molecule has 1 rings (SSSR count). The maximum Gasteiger partial charge on any atom is 0.310 e. The van der Waals surface area contributed by atoms with Crippen molar-refractivity contribution in [3.63, 3.8) is 0 Å². The summed E-state index contributed by atoms with van der Waals surface area (Å²) in [5, 5.41) is 8.60. The number of ether oxygens (including phenoxy) is 1. The summed E-state index contributed by atoms with van der Waals surface area (Å²) in [5.74, 6) is -1.70. The quantitative estimate of drug-likeness (QED) is 0.561. The van der Waals surface area contributed by atoms with Gasteiger partial charge in [0.15, 0.2) is 0 Å². The van der Waals surface area contributed by atoms with E-state index in [1.54, 1.807) is 6.92 Å². The summed E-state index contributed by atoms with van der Waals surface area (Å²) in [7, 11) is 0. The van der Waals surface area contributed by atoms with E-state index in [1.807, 2.05) is 0 Å². The van der Waals surface area contributed by atoms with Gasteiger partial charge in [0.05, 0.1) is 5.92 Å². The van der Waals surface area contributed by atoms with E-state index in [0.29, 0.717) is 6.42 Å². The van der Waals surface area contributed by atoms with Crippen LogP contribution >= 0.6 is 0 Å². The summed E-state index contributed by atoms with van der Waals surface area (Å²) in [6, 6.07) is 0. The molecule has 62 valence electrons. The molecule has 0 bridgehead atoms. The Morgan fingerprint density at radius 3 is 2.82 bits per heavy atom. The van der Waals surface area contributed by atoms with E-state index in [1.165, 1.54) is 0 Å². The molecule has 2 atom stereocenters. The van der Waals surface area contributed by atoms with Crippen LogP contribution < -0.4 is 0 Å². The first kappa shape index (κ1) is 8.04. The third-order valence-electron chi connectivity index (χ3n) is 1.86. The maximum absolute atomic E-state index is 10.6. The second kappa shape index (κ2) is 2.90. The first-order valence-electron chi connectivity index (χ1n) is 3.53. The van der Waals surface area contributed by atoms with Crippen molar-refractivity contribution in [2.45, 2.75) is 25.9 Å². The Labute approximate surface area is 64.2 Å². The number of carboxylic acids is 1. The van der Waals surface area contributed by atoms with Gasteiger partial charge >= 0.3 is 11.9 Å². The van der Waals surface area contributed by atoms with Crippen LogP contribution in [0.4, 0.5) is 0 Å². The van der Waals surface area contributed by atoms with Crippen molar-refractivity contribution in [1.29, 1.82) is 0 Å². The number of hydrogen-bond acceptors (Lipinski definition) is 3. The Hall–Kier alpha value is -1.06. The Morgan fingerprint density at radius 1 is 1.73 bits per heavy atom. The van der Waals surface area contributed by atoms with Crippen molar-refractivity contribution >= 4 is 11.9 Å². The second-order valence-corrected chi connectivity index (χ2v) is 2.68. The summed E-state index contributed by atoms with van der Waals surface area (Å²) in [6.45, 7) is 1.61. The van der Waals surface area contributed by atoms with Crippen LogP contribution in [0.15, 0.2) is 0 Å². The van der Waals surface area contributed by atoms with E-state index in [-0.39, 0.29) is 12.4 Å². The average Bonchev–Trinajstić information content (AvgIpc) is 1.85. The lowest BCUT2D eigenvalue weighted by Gasteiger charge is -2.24. The molecule has 0 aromatic heterocycles. The molecule has 1 aliphatic rings. The minimum Gasteiger partial charge on any atom is -0.481 e. The average molecular weight is 158 g/mol. The molecule has 1 heterocycles. The summed E-state index contributed by atoms with van der Waals surface area (Å²) in [6.07, 6.45) is 0.144. The standard InChI is InChI=1S/C7H10O4/c1-4-5(7(9)10)2-3-6(8)11-4/h4-5H,2-3H2,1H3,(H,9,10). The van der Waals surface area contributed by atoms with Crippen LogP contribution in [-0.4, -0.2) is 23.1 Å². The van der Waals surface area contributed by atoms with Gasteiger partial charge in [-0.1, -0.05) is 0 Å². The number of carboxylic acid groups (broad SMARTS) is 1. The van der Waals surface area contributed by atoms with Crippen LogP contribution in [-0.2, 0) is 14.3 Å². The van der Waals surface area contributed by atoms with Crippen molar-refractivity contribution in [2.75, 3.05) is 0 Å². The number of carbonyl (C=O) groups is 2. The molecule has 0 saturated carbocycles. The van der Waals surface area contributed by atoms with E-state index in [0.717, 1.165) is 0 Å². The van der Waals surface area contributed by atoms with Gasteiger partial charge in [0, 0.05) is 6.42 Å². The van der Waals surface area contributed by atoms with Gasteiger partial charge in [-0.05, 0) is 13.3 Å². The van der Waals surface area contributed by atoms with Crippen molar-refractivity contribution in [3.8, 4) is 0 Å². The molecule has 11 heavy (non-hydrogen) atoms. The molecule has 0 spiro atoms. The molecule has 4 heteroatoms. The number of cyclic esters (lactones) is 1. The molecular weight excluding hydrogens is 148 g/mol. The third kappa shape index (κ3) is 1.69. The van der Waals surface area contributed by atoms with Crippen LogP contribution in [0.2, 0.25) is 0 Å². The molecule has 0 amide bonds. The van der Waals surface area contributed by atoms with Gasteiger partial charge in [-0.2, -0.15) is 0 Å². The number of aliphatic carboxylic acids is 1. The molecule has 2 unspecified atom stereocenters. The molecule has 1 N–H and O–H groups in total. The Morgan fingerprint density at radius 2 is 2.36 bits per heavy atom. The van der Waals surface area contributed by atoms with Gasteiger partial charge in [0.25, 0.3) is 0 Å². The van der Waals surface area contributed by atoms with Gasteiger partial charge in [0.2, 0.25) is 0 Å². The molecule has 0 aromatic carbocycles. The molecular formula is C7H10O4. The Kier molecular flexibility index (Phi) is 2.12. The Bertz CT molecular complexity index is 187. The fraction of sp³-hybridized carbons (Fsp3) is 0.714. The zero-order valence-electron chi connectivity index (χ0n) is 6.24. The molecule has 0 radical (unpaired) electrons. The second-order valence-electron chi connectivity index (χ2n) is 2.68. The summed E-state index contributed by atoms with van der Waals surface area (Å²) in [4.78, 5) is 21.1. The van der Waals surface area contributed by atoms with Gasteiger partial charge < -0.3 is 9.84 Å². The van der Waals surface area contributed by atoms with E-state index in [2.05, 4.69) is 0 Å². The van der Waals surface area contributed by atoms with E-state index in [4.69, 9.17) is 9.84 Å². The number of hydrogen-bond donors (Lipinski definition) is 1.